The van der Waals surface area contributed by atoms with Crippen molar-refractivity contribution in [3.8, 4) is 0 Å². The zero-order chi connectivity index (χ0) is 37.8. The molecule has 0 bridgehead atoms. The molecule has 17 heteroatoms. The van der Waals surface area contributed by atoms with Crippen LogP contribution in [-0.4, -0.2) is 87.0 Å². The number of nitrogens with zero attached hydrogens (tertiary/aromatic N) is 2. The van der Waals surface area contributed by atoms with Gasteiger partial charge in [-0.3, -0.25) is 0 Å². The first-order chi connectivity index (χ1) is 23.8. The van der Waals surface area contributed by atoms with E-state index in [4.69, 9.17) is 0 Å². The molecule has 2 heterocycles. The maximum Gasteiger partial charge on any atom is 1.00 e. The second-order valence-corrected chi connectivity index (χ2v) is 16.1. The summed E-state index contributed by atoms with van der Waals surface area (Å²) in [6, 6.07) is 9.87. The molecule has 0 unspecified atom stereocenters. The molecule has 4 N–H and O–H groups in total. The Labute approximate surface area is 348 Å². The Hall–Kier alpha value is -3.13. The van der Waals surface area contributed by atoms with Gasteiger partial charge in [0.15, 0.2) is 12.3 Å². The number of allylic oxidation sites excluding steroid dienone is 8. The third-order valence-corrected chi connectivity index (χ3v) is 10.2. The average Bonchev–Trinajstić information content (AvgIpc) is 3.39. The van der Waals surface area contributed by atoms with Crippen molar-refractivity contribution in [2.45, 2.75) is 38.5 Å². The van der Waals surface area contributed by atoms with Crippen LogP contribution in [0.25, 0.3) is 0 Å². The largest absolute Gasteiger partial charge is 1.00 e. The standard InChI is InChI=1S/C35H44N6O8S2.K/c1-34(2)26-22-24(38-32(42)36-5)14-16-28(26)40(18-20-50(44,45)46)30(34)12-10-8-7-9-11-13-31-35(3,4)27-23-25(39-33(43)37-6)15-17-29(27)41(31)19-21-51(47,48)49;/h7-17,22-23H,18-21H2,1-6H3,(H5-,36,37,38,39,42,43,44,45,46,47,48,49);/q;+1/p-1. The molecule has 2 aliphatic rings. The van der Waals surface area contributed by atoms with Crippen LogP contribution >= 0.6 is 0 Å². The molecule has 2 aliphatic heterocycles. The van der Waals surface area contributed by atoms with Crippen LogP contribution in [0.15, 0.2) is 84.6 Å². The van der Waals surface area contributed by atoms with Crippen LogP contribution in [-0.2, 0) is 31.1 Å². The number of carbonyl (C=O) groups excluding carboxylic acids is 2. The van der Waals surface area contributed by atoms with Crippen molar-refractivity contribution in [3.63, 3.8) is 0 Å². The minimum atomic E-state index is -4.48. The minimum Gasteiger partial charge on any atom is -0.748 e. The van der Waals surface area contributed by atoms with Crippen molar-refractivity contribution in [3.05, 3.63) is 95.8 Å². The van der Waals surface area contributed by atoms with Gasteiger partial charge in [-0.05, 0) is 55.8 Å². The maximum absolute atomic E-state index is 11.9. The van der Waals surface area contributed by atoms with E-state index in [1.165, 1.54) is 14.1 Å². The number of anilines is 3. The van der Waals surface area contributed by atoms with Crippen molar-refractivity contribution in [1.82, 2.24) is 10.6 Å². The van der Waals surface area contributed by atoms with Crippen LogP contribution in [0.5, 0.6) is 0 Å². The summed E-state index contributed by atoms with van der Waals surface area (Å²) >= 11 is 0. The zero-order valence-corrected chi connectivity index (χ0v) is 35.1. The molecule has 0 saturated heterocycles. The van der Waals surface area contributed by atoms with Gasteiger partial charge in [0.2, 0.25) is 5.69 Å². The number of rotatable bonds is 12. The number of benzene rings is 2. The Morgan fingerprint density at radius 2 is 1.31 bits per heavy atom. The van der Waals surface area contributed by atoms with E-state index < -0.39 is 42.6 Å². The van der Waals surface area contributed by atoms with Crippen LogP contribution in [0, 0.1) is 0 Å². The first-order valence-electron chi connectivity index (χ1n) is 16.1. The van der Waals surface area contributed by atoms with Gasteiger partial charge >= 0.3 is 63.4 Å². The van der Waals surface area contributed by atoms with Gasteiger partial charge in [-0.15, -0.1) is 0 Å². The van der Waals surface area contributed by atoms with E-state index in [9.17, 15) is 35.5 Å². The molecule has 0 aliphatic carbocycles. The summed E-state index contributed by atoms with van der Waals surface area (Å²) in [7, 11) is -5.95. The fraction of sp³-hybridized carbons (Fsp3) is 0.343. The quantitative estimate of drug-likeness (QED) is 0.105. The Morgan fingerprint density at radius 3 is 1.88 bits per heavy atom. The molecule has 2 aromatic rings. The smallest absolute Gasteiger partial charge is 0.748 e. The first-order valence-corrected chi connectivity index (χ1v) is 19.2. The molecular weight excluding hydrogens is 736 g/mol. The number of urea groups is 2. The van der Waals surface area contributed by atoms with Crippen LogP contribution < -0.4 is 77.6 Å². The number of amides is 4. The monoisotopic (exact) mass is 778 g/mol. The molecule has 0 aromatic heterocycles. The van der Waals surface area contributed by atoms with Gasteiger partial charge in [-0.1, -0.05) is 44.2 Å². The van der Waals surface area contributed by atoms with Gasteiger partial charge in [-0.2, -0.15) is 4.58 Å². The van der Waals surface area contributed by atoms with Crippen LogP contribution in [0.2, 0.25) is 0 Å². The summed E-state index contributed by atoms with van der Waals surface area (Å²) in [6.45, 7) is 7.79. The van der Waals surface area contributed by atoms with Gasteiger partial charge in [-0.25, -0.2) is 26.4 Å². The van der Waals surface area contributed by atoms with Gasteiger partial charge in [0.1, 0.15) is 10.1 Å². The Bertz CT molecular complexity index is 2090. The third kappa shape index (κ3) is 10.5. The van der Waals surface area contributed by atoms with Gasteiger partial charge in [0, 0.05) is 66.5 Å². The van der Waals surface area contributed by atoms with Gasteiger partial charge < -0.3 is 35.3 Å². The number of hydrogen-bond donors (Lipinski definition) is 4. The molecule has 4 amide bonds. The fourth-order valence-corrected chi connectivity index (χ4v) is 7.08. The molecule has 14 nitrogen and oxygen atoms in total. The SMILES string of the molecule is CNC(=O)Nc1ccc2c(c1)C(C)(C)C(/C=C/C=C/C=C/C=C1/N(CCS(=O)(=O)[O-])c3ccc(NC(=O)NC)cc3C1(C)C)=[N+]2CCS(=O)(=O)[O-].[K+]. The summed E-state index contributed by atoms with van der Waals surface area (Å²) in [6.07, 6.45) is 12.6. The van der Waals surface area contributed by atoms with Crippen LogP contribution in [0.3, 0.4) is 0 Å². The van der Waals surface area contributed by atoms with E-state index in [-0.39, 0.29) is 76.5 Å². The molecule has 4 rings (SSSR count). The number of fused-ring (bicyclic) bond motifs is 2. The summed E-state index contributed by atoms with van der Waals surface area (Å²) in [5, 5.41) is 10.5. The topological polar surface area (TPSA) is 203 Å². The van der Waals surface area contributed by atoms with Gasteiger partial charge in [0.25, 0.3) is 0 Å². The molecule has 0 fully saturated rings. The second-order valence-electron chi connectivity index (χ2n) is 13.0. The Balaban J connectivity index is 0.00000729. The first kappa shape index (κ1) is 43.3. The molecule has 0 spiro atoms. The minimum absolute atomic E-state index is 0. The summed E-state index contributed by atoms with van der Waals surface area (Å²) < 4.78 is 71.1. The van der Waals surface area contributed by atoms with Crippen LogP contribution in [0.1, 0.15) is 38.8 Å². The fourth-order valence-electron chi connectivity index (χ4n) is 6.27. The molecular formula is C35H43KN6O8S2. The molecule has 0 saturated carbocycles. The predicted molar refractivity (Wildman–Crippen MR) is 197 cm³/mol. The van der Waals surface area contributed by atoms with Crippen molar-refractivity contribution in [1.29, 1.82) is 0 Å². The molecule has 274 valence electrons. The van der Waals surface area contributed by atoms with E-state index in [1.807, 2.05) is 52.0 Å². The maximum atomic E-state index is 11.9. The summed E-state index contributed by atoms with van der Waals surface area (Å²) in [5.74, 6) is -1.18. The van der Waals surface area contributed by atoms with Crippen molar-refractivity contribution >= 4 is 60.8 Å². The van der Waals surface area contributed by atoms with E-state index in [2.05, 4.69) is 21.3 Å². The summed E-state index contributed by atoms with van der Waals surface area (Å²) in [5.41, 5.74) is 4.58. The van der Waals surface area contributed by atoms with Crippen molar-refractivity contribution in [2.24, 2.45) is 0 Å². The van der Waals surface area contributed by atoms with Gasteiger partial charge in [0.05, 0.1) is 27.0 Å². The third-order valence-electron chi connectivity index (χ3n) is 8.84. The summed E-state index contributed by atoms with van der Waals surface area (Å²) in [4.78, 5) is 25.6. The Kier molecular flexibility index (Phi) is 14.4. The van der Waals surface area contributed by atoms with Crippen molar-refractivity contribution in [2.75, 3.05) is 54.2 Å². The van der Waals surface area contributed by atoms with E-state index >= 15 is 0 Å². The zero-order valence-electron chi connectivity index (χ0n) is 30.3. The molecule has 2 aromatic carbocycles. The van der Waals surface area contributed by atoms with E-state index in [1.54, 1.807) is 64.1 Å². The number of hydrogen-bond acceptors (Lipinski definition) is 9. The Morgan fingerprint density at radius 1 is 0.769 bits per heavy atom. The molecule has 52 heavy (non-hydrogen) atoms. The van der Waals surface area contributed by atoms with Crippen molar-refractivity contribution < 1.29 is 91.5 Å². The normalized spacial score (nSPS) is 17.1. The molecule has 0 atom stereocenters. The second kappa shape index (κ2) is 17.3. The van der Waals surface area contributed by atoms with Crippen LogP contribution in [0.4, 0.5) is 32.3 Å². The number of nitrogens with one attached hydrogen (secondary N) is 4. The average molecular weight is 779 g/mol. The van der Waals surface area contributed by atoms with E-state index in [0.29, 0.717) is 11.4 Å². The van der Waals surface area contributed by atoms with E-state index in [0.717, 1.165) is 33.9 Å². The molecule has 0 radical (unpaired) electrons. The number of carbonyl (C=O) groups is 2. The predicted octanol–water partition coefficient (Wildman–Crippen LogP) is 1.01.